The number of rotatable bonds is 4. The SMILES string of the molecule is Cc1cc(C(=O)N[C@@H]2CCCc3c2cnn3Cc2ccccc2Cl)on1. The van der Waals surface area contributed by atoms with Crippen LogP contribution in [0.5, 0.6) is 0 Å². The monoisotopic (exact) mass is 370 g/mol. The minimum atomic E-state index is -0.248. The number of benzene rings is 1. The fraction of sp³-hybridized carbons (Fsp3) is 0.316. The summed E-state index contributed by atoms with van der Waals surface area (Å²) < 4.78 is 7.04. The molecule has 7 heteroatoms. The second kappa shape index (κ2) is 6.96. The molecule has 1 aliphatic rings. The Morgan fingerprint density at radius 2 is 2.27 bits per heavy atom. The van der Waals surface area contributed by atoms with E-state index in [0.29, 0.717) is 12.2 Å². The van der Waals surface area contributed by atoms with Gasteiger partial charge in [-0.15, -0.1) is 0 Å². The third-order valence-electron chi connectivity index (χ3n) is 4.70. The summed E-state index contributed by atoms with van der Waals surface area (Å²) >= 11 is 6.28. The van der Waals surface area contributed by atoms with Gasteiger partial charge in [-0.1, -0.05) is 35.0 Å². The number of hydrogen-bond acceptors (Lipinski definition) is 4. The standard InChI is InChI=1S/C19H19ClN4O2/c1-12-9-18(26-23-12)19(25)22-16-7-4-8-17-14(16)10-21-24(17)11-13-5-2-3-6-15(13)20/h2-3,5-6,9-10,16H,4,7-8,11H2,1H3,(H,22,25)/t16-/m1/s1. The van der Waals surface area contributed by atoms with Crippen molar-refractivity contribution in [2.45, 2.75) is 38.8 Å². The number of nitrogens with zero attached hydrogens (tertiary/aromatic N) is 3. The third kappa shape index (κ3) is 3.24. The summed E-state index contributed by atoms with van der Waals surface area (Å²) in [6.07, 6.45) is 4.65. The first-order valence-electron chi connectivity index (χ1n) is 8.64. The van der Waals surface area contributed by atoms with Crippen molar-refractivity contribution in [3.8, 4) is 0 Å². The quantitative estimate of drug-likeness (QED) is 0.760. The van der Waals surface area contributed by atoms with E-state index in [9.17, 15) is 4.79 Å². The Labute approximate surface area is 156 Å². The van der Waals surface area contributed by atoms with E-state index in [2.05, 4.69) is 15.6 Å². The van der Waals surface area contributed by atoms with Crippen molar-refractivity contribution in [3.05, 3.63) is 69.8 Å². The van der Waals surface area contributed by atoms with E-state index >= 15 is 0 Å². The number of halogens is 1. The molecule has 4 rings (SSSR count). The average Bonchev–Trinajstić information content (AvgIpc) is 3.24. The minimum Gasteiger partial charge on any atom is -0.351 e. The maximum atomic E-state index is 12.4. The van der Waals surface area contributed by atoms with E-state index in [0.717, 1.165) is 41.1 Å². The van der Waals surface area contributed by atoms with Crippen molar-refractivity contribution in [2.75, 3.05) is 0 Å². The number of carbonyl (C=O) groups is 1. The summed E-state index contributed by atoms with van der Waals surface area (Å²) in [4.78, 5) is 12.4. The van der Waals surface area contributed by atoms with E-state index in [4.69, 9.17) is 16.1 Å². The Morgan fingerprint density at radius 3 is 3.04 bits per heavy atom. The summed E-state index contributed by atoms with van der Waals surface area (Å²) in [5.74, 6) is -0.0135. The van der Waals surface area contributed by atoms with Crippen LogP contribution in [0.25, 0.3) is 0 Å². The van der Waals surface area contributed by atoms with Crippen LogP contribution in [0.2, 0.25) is 5.02 Å². The zero-order valence-corrected chi connectivity index (χ0v) is 15.2. The topological polar surface area (TPSA) is 73.0 Å². The maximum Gasteiger partial charge on any atom is 0.290 e. The van der Waals surface area contributed by atoms with Crippen LogP contribution in [0.4, 0.5) is 0 Å². The number of aromatic nitrogens is 3. The van der Waals surface area contributed by atoms with Crippen molar-refractivity contribution in [1.29, 1.82) is 0 Å². The highest BCUT2D eigenvalue weighted by atomic mass is 35.5. The molecule has 2 aromatic heterocycles. The minimum absolute atomic E-state index is 0.0725. The lowest BCUT2D eigenvalue weighted by atomic mass is 9.93. The highest BCUT2D eigenvalue weighted by Gasteiger charge is 2.27. The Morgan fingerprint density at radius 1 is 1.42 bits per heavy atom. The number of aryl methyl sites for hydroxylation is 1. The van der Waals surface area contributed by atoms with E-state index < -0.39 is 0 Å². The van der Waals surface area contributed by atoms with E-state index in [1.165, 1.54) is 0 Å². The summed E-state index contributed by atoms with van der Waals surface area (Å²) in [6, 6.07) is 9.34. The number of carbonyl (C=O) groups excluding carboxylic acids is 1. The molecule has 1 aromatic carbocycles. The van der Waals surface area contributed by atoms with Crippen molar-refractivity contribution >= 4 is 17.5 Å². The molecule has 0 spiro atoms. The fourth-order valence-electron chi connectivity index (χ4n) is 3.39. The zero-order valence-electron chi connectivity index (χ0n) is 14.4. The molecular formula is C19H19ClN4O2. The van der Waals surface area contributed by atoms with Crippen molar-refractivity contribution in [1.82, 2.24) is 20.3 Å². The Bertz CT molecular complexity index is 947. The molecule has 0 fully saturated rings. The van der Waals surface area contributed by atoms with E-state index in [1.54, 1.807) is 13.0 Å². The van der Waals surface area contributed by atoms with Gasteiger partial charge < -0.3 is 9.84 Å². The maximum absolute atomic E-state index is 12.4. The molecule has 1 atom stereocenters. The molecule has 0 aliphatic heterocycles. The van der Waals surface area contributed by atoms with Crippen LogP contribution < -0.4 is 5.32 Å². The molecule has 0 saturated heterocycles. The van der Waals surface area contributed by atoms with Crippen molar-refractivity contribution in [3.63, 3.8) is 0 Å². The lowest BCUT2D eigenvalue weighted by molar-refractivity contribution is 0.0895. The molecular weight excluding hydrogens is 352 g/mol. The largest absolute Gasteiger partial charge is 0.351 e. The molecule has 6 nitrogen and oxygen atoms in total. The average molecular weight is 371 g/mol. The number of fused-ring (bicyclic) bond motifs is 1. The Hall–Kier alpha value is -2.60. The van der Waals surface area contributed by atoms with Crippen LogP contribution in [0, 0.1) is 6.92 Å². The van der Waals surface area contributed by atoms with Crippen LogP contribution in [-0.2, 0) is 13.0 Å². The lowest BCUT2D eigenvalue weighted by Gasteiger charge is -2.24. The smallest absolute Gasteiger partial charge is 0.290 e. The van der Waals surface area contributed by atoms with Crippen LogP contribution >= 0.6 is 11.6 Å². The van der Waals surface area contributed by atoms with Crippen LogP contribution in [0.3, 0.4) is 0 Å². The van der Waals surface area contributed by atoms with Crippen molar-refractivity contribution in [2.24, 2.45) is 0 Å². The number of amides is 1. The summed E-state index contributed by atoms with van der Waals surface area (Å²) in [5.41, 5.74) is 3.93. The van der Waals surface area contributed by atoms with Crippen molar-refractivity contribution < 1.29 is 9.32 Å². The van der Waals surface area contributed by atoms with Gasteiger partial charge in [0.25, 0.3) is 5.91 Å². The predicted octanol–water partition coefficient (Wildman–Crippen LogP) is 3.69. The number of nitrogens with one attached hydrogen (secondary N) is 1. The van der Waals surface area contributed by atoms with E-state index in [1.807, 2.05) is 35.1 Å². The van der Waals surface area contributed by atoms with Gasteiger partial charge in [0.05, 0.1) is 24.5 Å². The first kappa shape index (κ1) is 16.8. The first-order chi connectivity index (χ1) is 12.6. The number of hydrogen-bond donors (Lipinski definition) is 1. The van der Waals surface area contributed by atoms with Gasteiger partial charge in [-0.25, -0.2) is 0 Å². The summed E-state index contributed by atoms with van der Waals surface area (Å²) in [5, 5.41) is 12.1. The fourth-order valence-corrected chi connectivity index (χ4v) is 3.59. The predicted molar refractivity (Wildman–Crippen MR) is 97.2 cm³/mol. The second-order valence-electron chi connectivity index (χ2n) is 6.55. The van der Waals surface area contributed by atoms with Crippen LogP contribution in [0.1, 0.15) is 52.0 Å². The van der Waals surface area contributed by atoms with Gasteiger partial charge >= 0.3 is 0 Å². The normalized spacial score (nSPS) is 16.3. The van der Waals surface area contributed by atoms with Gasteiger partial charge in [0.15, 0.2) is 0 Å². The summed E-state index contributed by atoms with van der Waals surface area (Å²) in [6.45, 7) is 2.41. The van der Waals surface area contributed by atoms with E-state index in [-0.39, 0.29) is 17.7 Å². The summed E-state index contributed by atoms with van der Waals surface area (Å²) in [7, 11) is 0. The molecule has 0 bridgehead atoms. The van der Waals surface area contributed by atoms with Crippen LogP contribution in [0.15, 0.2) is 41.1 Å². The molecule has 2 heterocycles. The highest BCUT2D eigenvalue weighted by Crippen LogP contribution is 2.30. The molecule has 134 valence electrons. The van der Waals surface area contributed by atoms with Crippen LogP contribution in [-0.4, -0.2) is 20.8 Å². The van der Waals surface area contributed by atoms with Gasteiger partial charge in [-0.05, 0) is 37.8 Å². The Kier molecular flexibility index (Phi) is 4.51. The molecule has 0 radical (unpaired) electrons. The zero-order chi connectivity index (χ0) is 18.1. The Balaban J connectivity index is 1.55. The molecule has 26 heavy (non-hydrogen) atoms. The van der Waals surface area contributed by atoms with Gasteiger partial charge in [0.1, 0.15) is 0 Å². The van der Waals surface area contributed by atoms with Gasteiger partial charge in [-0.2, -0.15) is 5.10 Å². The van der Waals surface area contributed by atoms with Gasteiger partial charge in [0.2, 0.25) is 5.76 Å². The van der Waals surface area contributed by atoms with Gasteiger partial charge in [-0.3, -0.25) is 9.48 Å². The molecule has 0 unspecified atom stereocenters. The molecule has 3 aromatic rings. The van der Waals surface area contributed by atoms with Gasteiger partial charge in [0, 0.05) is 22.3 Å². The highest BCUT2D eigenvalue weighted by molar-refractivity contribution is 6.31. The third-order valence-corrected chi connectivity index (χ3v) is 5.07. The molecule has 1 N–H and O–H groups in total. The molecule has 1 amide bonds. The second-order valence-corrected chi connectivity index (χ2v) is 6.95. The molecule has 1 aliphatic carbocycles. The first-order valence-corrected chi connectivity index (χ1v) is 9.02. The molecule has 0 saturated carbocycles. The lowest BCUT2D eigenvalue weighted by Crippen LogP contribution is -2.30.